The summed E-state index contributed by atoms with van der Waals surface area (Å²) in [5.74, 6) is 1.65. The summed E-state index contributed by atoms with van der Waals surface area (Å²) in [6.45, 7) is 2.28. The highest BCUT2D eigenvalue weighted by Gasteiger charge is 2.21. The lowest BCUT2D eigenvalue weighted by Crippen LogP contribution is -2.27. The number of aromatic nitrogens is 2. The average Bonchev–Trinajstić information content (AvgIpc) is 2.51. The summed E-state index contributed by atoms with van der Waals surface area (Å²) >= 11 is 6.09. The summed E-state index contributed by atoms with van der Waals surface area (Å²) in [7, 11) is 0. The standard InChI is InChI=1S/C12H19ClN4/c1-8-5-3-2-4-6-9(8)17-12-10(13)11(14)15-7-16-12/h7-9H,2-6H2,1H3,(H3,14,15,16,17). The molecule has 2 atom stereocenters. The second kappa shape index (κ2) is 5.54. The fourth-order valence-corrected chi connectivity index (χ4v) is 2.52. The van der Waals surface area contributed by atoms with Gasteiger partial charge in [-0.25, -0.2) is 9.97 Å². The summed E-state index contributed by atoms with van der Waals surface area (Å²) in [5, 5.41) is 3.85. The van der Waals surface area contributed by atoms with Crippen LogP contribution in [0.5, 0.6) is 0 Å². The van der Waals surface area contributed by atoms with Crippen molar-refractivity contribution < 1.29 is 0 Å². The van der Waals surface area contributed by atoms with Crippen LogP contribution in [0, 0.1) is 5.92 Å². The van der Waals surface area contributed by atoms with E-state index in [-0.39, 0.29) is 0 Å². The van der Waals surface area contributed by atoms with Gasteiger partial charge < -0.3 is 11.1 Å². The molecule has 4 nitrogen and oxygen atoms in total. The van der Waals surface area contributed by atoms with Crippen LogP contribution < -0.4 is 11.1 Å². The van der Waals surface area contributed by atoms with Crippen molar-refractivity contribution in [2.75, 3.05) is 11.1 Å². The van der Waals surface area contributed by atoms with Crippen molar-refractivity contribution in [2.45, 2.75) is 45.1 Å². The molecule has 0 aromatic carbocycles. The fraction of sp³-hybridized carbons (Fsp3) is 0.667. The van der Waals surface area contributed by atoms with Gasteiger partial charge in [0.15, 0.2) is 5.82 Å². The molecule has 1 aliphatic rings. The van der Waals surface area contributed by atoms with E-state index >= 15 is 0 Å². The maximum Gasteiger partial charge on any atom is 0.150 e. The van der Waals surface area contributed by atoms with Crippen molar-refractivity contribution >= 4 is 23.2 Å². The zero-order valence-electron chi connectivity index (χ0n) is 10.1. The smallest absolute Gasteiger partial charge is 0.150 e. The molecule has 1 heterocycles. The molecule has 1 aromatic rings. The minimum atomic E-state index is 0.338. The average molecular weight is 255 g/mol. The number of nitrogen functional groups attached to an aromatic ring is 1. The van der Waals surface area contributed by atoms with Crippen LogP contribution in [0.2, 0.25) is 5.02 Å². The first kappa shape index (κ1) is 12.4. The minimum Gasteiger partial charge on any atom is -0.382 e. The van der Waals surface area contributed by atoms with Gasteiger partial charge in [0, 0.05) is 6.04 Å². The van der Waals surface area contributed by atoms with Gasteiger partial charge in [-0.3, -0.25) is 0 Å². The Morgan fingerprint density at radius 1 is 1.29 bits per heavy atom. The third-order valence-corrected chi connectivity index (χ3v) is 3.87. The third kappa shape index (κ3) is 3.00. The van der Waals surface area contributed by atoms with E-state index in [1.807, 2.05) is 0 Å². The van der Waals surface area contributed by atoms with Gasteiger partial charge in [-0.15, -0.1) is 0 Å². The van der Waals surface area contributed by atoms with Crippen molar-refractivity contribution in [3.8, 4) is 0 Å². The number of halogens is 1. The normalized spacial score (nSPS) is 25.3. The first-order chi connectivity index (χ1) is 8.18. The molecule has 1 fully saturated rings. The molecule has 1 aliphatic carbocycles. The molecule has 17 heavy (non-hydrogen) atoms. The van der Waals surface area contributed by atoms with Gasteiger partial charge in [-0.2, -0.15) is 0 Å². The number of hydrogen-bond acceptors (Lipinski definition) is 4. The first-order valence-electron chi connectivity index (χ1n) is 6.21. The lowest BCUT2D eigenvalue weighted by molar-refractivity contribution is 0.455. The topological polar surface area (TPSA) is 63.8 Å². The minimum absolute atomic E-state index is 0.338. The molecule has 5 heteroatoms. The highest BCUT2D eigenvalue weighted by atomic mass is 35.5. The van der Waals surface area contributed by atoms with E-state index < -0.39 is 0 Å². The Labute approximate surface area is 107 Å². The second-order valence-corrected chi connectivity index (χ2v) is 5.17. The summed E-state index contributed by atoms with van der Waals surface area (Å²) in [5.41, 5.74) is 5.67. The van der Waals surface area contributed by atoms with E-state index in [1.54, 1.807) is 0 Å². The maximum atomic E-state index is 6.09. The highest BCUT2D eigenvalue weighted by Crippen LogP contribution is 2.29. The lowest BCUT2D eigenvalue weighted by atomic mass is 9.97. The van der Waals surface area contributed by atoms with Crippen molar-refractivity contribution in [2.24, 2.45) is 5.92 Å². The lowest BCUT2D eigenvalue weighted by Gasteiger charge is -2.23. The summed E-state index contributed by atoms with van der Waals surface area (Å²) in [6, 6.07) is 0.435. The van der Waals surface area contributed by atoms with Crippen molar-refractivity contribution in [3.63, 3.8) is 0 Å². The summed E-state index contributed by atoms with van der Waals surface area (Å²) < 4.78 is 0. The molecule has 0 radical (unpaired) electrons. The molecule has 0 bridgehead atoms. The number of rotatable bonds is 2. The van der Waals surface area contributed by atoms with Crippen LogP contribution in [0.4, 0.5) is 11.6 Å². The number of nitrogens with one attached hydrogen (secondary N) is 1. The van der Waals surface area contributed by atoms with E-state index in [9.17, 15) is 0 Å². The molecule has 1 saturated carbocycles. The molecule has 2 unspecified atom stereocenters. The van der Waals surface area contributed by atoms with Crippen LogP contribution >= 0.6 is 11.6 Å². The summed E-state index contributed by atoms with van der Waals surface area (Å²) in [4.78, 5) is 8.03. The van der Waals surface area contributed by atoms with Crippen LogP contribution in [0.15, 0.2) is 6.33 Å². The van der Waals surface area contributed by atoms with Gasteiger partial charge in [0.2, 0.25) is 0 Å². The largest absolute Gasteiger partial charge is 0.382 e. The zero-order valence-corrected chi connectivity index (χ0v) is 10.9. The Morgan fingerprint density at radius 2 is 2.06 bits per heavy atom. The molecule has 94 valence electrons. The second-order valence-electron chi connectivity index (χ2n) is 4.79. The van der Waals surface area contributed by atoms with E-state index in [0.29, 0.717) is 28.6 Å². The Morgan fingerprint density at radius 3 is 2.88 bits per heavy atom. The van der Waals surface area contributed by atoms with E-state index in [0.717, 1.165) is 0 Å². The predicted octanol–water partition coefficient (Wildman–Crippen LogP) is 3.09. The molecule has 0 amide bonds. The van der Waals surface area contributed by atoms with Gasteiger partial charge >= 0.3 is 0 Å². The van der Waals surface area contributed by atoms with Crippen LogP contribution in [-0.4, -0.2) is 16.0 Å². The van der Waals surface area contributed by atoms with Crippen molar-refractivity contribution in [3.05, 3.63) is 11.3 Å². The molecular formula is C12H19ClN4. The van der Waals surface area contributed by atoms with Crippen molar-refractivity contribution in [1.29, 1.82) is 0 Å². The van der Waals surface area contributed by atoms with Gasteiger partial charge in [-0.1, -0.05) is 37.8 Å². The van der Waals surface area contributed by atoms with E-state index in [2.05, 4.69) is 22.2 Å². The maximum absolute atomic E-state index is 6.09. The van der Waals surface area contributed by atoms with Gasteiger partial charge in [0.05, 0.1) is 0 Å². The Bertz CT molecular complexity index is 383. The summed E-state index contributed by atoms with van der Waals surface area (Å²) in [6.07, 6.45) is 7.78. The fourth-order valence-electron chi connectivity index (χ4n) is 2.37. The first-order valence-corrected chi connectivity index (χ1v) is 6.59. The Kier molecular flexibility index (Phi) is 4.05. The van der Waals surface area contributed by atoms with Crippen LogP contribution in [0.1, 0.15) is 39.0 Å². The van der Waals surface area contributed by atoms with Crippen LogP contribution in [0.25, 0.3) is 0 Å². The Hall–Kier alpha value is -1.03. The quantitative estimate of drug-likeness (QED) is 0.796. The SMILES string of the molecule is CC1CCCCCC1Nc1ncnc(N)c1Cl. The molecule has 2 rings (SSSR count). The molecule has 0 spiro atoms. The number of nitrogens with two attached hydrogens (primary N) is 1. The molecule has 1 aromatic heterocycles. The molecule has 3 N–H and O–H groups in total. The van der Waals surface area contributed by atoms with Crippen LogP contribution in [-0.2, 0) is 0 Å². The van der Waals surface area contributed by atoms with Gasteiger partial charge in [0.1, 0.15) is 17.2 Å². The van der Waals surface area contributed by atoms with Gasteiger partial charge in [-0.05, 0) is 18.8 Å². The molecule has 0 aliphatic heterocycles. The molecule has 0 saturated heterocycles. The number of nitrogens with zero attached hydrogens (tertiary/aromatic N) is 2. The zero-order chi connectivity index (χ0) is 12.3. The number of hydrogen-bond donors (Lipinski definition) is 2. The Balaban J connectivity index is 2.10. The van der Waals surface area contributed by atoms with E-state index in [1.165, 1.54) is 38.4 Å². The highest BCUT2D eigenvalue weighted by molar-refractivity contribution is 6.35. The van der Waals surface area contributed by atoms with Crippen LogP contribution in [0.3, 0.4) is 0 Å². The molecular weight excluding hydrogens is 236 g/mol. The predicted molar refractivity (Wildman–Crippen MR) is 71.1 cm³/mol. The van der Waals surface area contributed by atoms with Gasteiger partial charge in [0.25, 0.3) is 0 Å². The third-order valence-electron chi connectivity index (χ3n) is 3.50. The monoisotopic (exact) mass is 254 g/mol. The number of anilines is 2. The van der Waals surface area contributed by atoms with E-state index in [4.69, 9.17) is 17.3 Å². The van der Waals surface area contributed by atoms with Crippen molar-refractivity contribution in [1.82, 2.24) is 9.97 Å².